The van der Waals surface area contributed by atoms with Gasteiger partial charge in [-0.15, -0.1) is 0 Å². The Morgan fingerprint density at radius 2 is 2.27 bits per heavy atom. The van der Waals surface area contributed by atoms with Crippen LogP contribution in [0, 0.1) is 5.92 Å². The Morgan fingerprint density at radius 3 is 2.82 bits per heavy atom. The van der Waals surface area contributed by atoms with Crippen molar-refractivity contribution >= 4 is 0 Å². The summed E-state index contributed by atoms with van der Waals surface area (Å²) >= 11 is 0. The lowest BCUT2D eigenvalue weighted by molar-refractivity contribution is 0.251. The molecule has 2 fully saturated rings. The fourth-order valence-corrected chi connectivity index (χ4v) is 2.25. The first-order valence-corrected chi connectivity index (χ1v) is 4.81. The summed E-state index contributed by atoms with van der Waals surface area (Å²) in [5.74, 6) is 0.940. The van der Waals surface area contributed by atoms with Gasteiger partial charge in [0.05, 0.1) is 0 Å². The highest BCUT2D eigenvalue weighted by atomic mass is 15.2. The van der Waals surface area contributed by atoms with Gasteiger partial charge in [-0.05, 0) is 31.8 Å². The quantitative estimate of drug-likeness (QED) is 0.598. The lowest BCUT2D eigenvalue weighted by Crippen LogP contribution is -2.34. The standard InChI is InChI=1S/C9H18N2/c1-8-3-5-11(7-8)9-2-4-10-6-9/h8-10H,2-7H2,1H3. The molecule has 0 amide bonds. The van der Waals surface area contributed by atoms with Crippen LogP contribution in [0.3, 0.4) is 0 Å². The molecule has 2 saturated heterocycles. The van der Waals surface area contributed by atoms with E-state index in [-0.39, 0.29) is 0 Å². The Balaban J connectivity index is 1.85. The Labute approximate surface area is 69.0 Å². The Bertz CT molecular complexity index is 130. The molecule has 0 aromatic heterocycles. The van der Waals surface area contributed by atoms with E-state index in [1.807, 2.05) is 0 Å². The molecule has 2 atom stereocenters. The van der Waals surface area contributed by atoms with Crippen LogP contribution in [0.25, 0.3) is 0 Å². The first-order valence-electron chi connectivity index (χ1n) is 4.81. The highest BCUT2D eigenvalue weighted by molar-refractivity contribution is 4.84. The molecular formula is C9H18N2. The molecule has 64 valence electrons. The monoisotopic (exact) mass is 154 g/mol. The fraction of sp³-hybridized carbons (Fsp3) is 1.00. The van der Waals surface area contributed by atoms with E-state index in [9.17, 15) is 0 Å². The van der Waals surface area contributed by atoms with Crippen LogP contribution < -0.4 is 5.32 Å². The second-order valence-corrected chi connectivity index (χ2v) is 4.04. The molecule has 0 spiro atoms. The smallest absolute Gasteiger partial charge is 0.0232 e. The van der Waals surface area contributed by atoms with Gasteiger partial charge in [-0.3, -0.25) is 4.90 Å². The molecule has 0 bridgehead atoms. The third kappa shape index (κ3) is 1.57. The predicted molar refractivity (Wildman–Crippen MR) is 46.6 cm³/mol. The Morgan fingerprint density at radius 1 is 1.36 bits per heavy atom. The molecule has 11 heavy (non-hydrogen) atoms. The van der Waals surface area contributed by atoms with Crippen molar-refractivity contribution in [1.82, 2.24) is 10.2 Å². The van der Waals surface area contributed by atoms with Crippen molar-refractivity contribution in [1.29, 1.82) is 0 Å². The summed E-state index contributed by atoms with van der Waals surface area (Å²) in [6, 6.07) is 0.861. The first kappa shape index (κ1) is 7.56. The zero-order valence-corrected chi connectivity index (χ0v) is 7.34. The van der Waals surface area contributed by atoms with Crippen LogP contribution in [0.4, 0.5) is 0 Å². The molecule has 2 aliphatic heterocycles. The van der Waals surface area contributed by atoms with Gasteiger partial charge in [0.2, 0.25) is 0 Å². The minimum Gasteiger partial charge on any atom is -0.315 e. The SMILES string of the molecule is CC1CCN(C2CCNC2)C1. The largest absolute Gasteiger partial charge is 0.315 e. The van der Waals surface area contributed by atoms with Crippen molar-refractivity contribution in [3.8, 4) is 0 Å². The lowest BCUT2D eigenvalue weighted by atomic mass is 10.2. The lowest BCUT2D eigenvalue weighted by Gasteiger charge is -2.22. The third-order valence-corrected chi connectivity index (χ3v) is 3.01. The minimum absolute atomic E-state index is 0.861. The third-order valence-electron chi connectivity index (χ3n) is 3.01. The van der Waals surface area contributed by atoms with E-state index in [4.69, 9.17) is 0 Å². The summed E-state index contributed by atoms with van der Waals surface area (Å²) in [5.41, 5.74) is 0. The maximum absolute atomic E-state index is 3.42. The summed E-state index contributed by atoms with van der Waals surface area (Å²) in [7, 11) is 0. The molecule has 2 rings (SSSR count). The van der Waals surface area contributed by atoms with Crippen LogP contribution in [0.5, 0.6) is 0 Å². The maximum Gasteiger partial charge on any atom is 0.0232 e. The normalized spacial score (nSPS) is 40.1. The van der Waals surface area contributed by atoms with Crippen LogP contribution in [0.2, 0.25) is 0 Å². The topological polar surface area (TPSA) is 15.3 Å². The van der Waals surface area contributed by atoms with Crippen LogP contribution >= 0.6 is 0 Å². The van der Waals surface area contributed by atoms with Crippen molar-refractivity contribution < 1.29 is 0 Å². The van der Waals surface area contributed by atoms with Crippen LogP contribution in [0.1, 0.15) is 19.8 Å². The van der Waals surface area contributed by atoms with Crippen molar-refractivity contribution in [2.75, 3.05) is 26.2 Å². The van der Waals surface area contributed by atoms with E-state index in [1.165, 1.54) is 39.0 Å². The van der Waals surface area contributed by atoms with E-state index < -0.39 is 0 Å². The van der Waals surface area contributed by atoms with Gasteiger partial charge >= 0.3 is 0 Å². The average Bonchev–Trinajstić information content (AvgIpc) is 2.55. The summed E-state index contributed by atoms with van der Waals surface area (Å²) in [5, 5.41) is 3.42. The zero-order chi connectivity index (χ0) is 7.68. The van der Waals surface area contributed by atoms with Gasteiger partial charge < -0.3 is 5.32 Å². The highest BCUT2D eigenvalue weighted by Crippen LogP contribution is 2.20. The minimum atomic E-state index is 0.861. The highest BCUT2D eigenvalue weighted by Gasteiger charge is 2.27. The van der Waals surface area contributed by atoms with Crippen LogP contribution in [-0.4, -0.2) is 37.1 Å². The first-order chi connectivity index (χ1) is 5.36. The van der Waals surface area contributed by atoms with Gasteiger partial charge in [0.1, 0.15) is 0 Å². The summed E-state index contributed by atoms with van der Waals surface area (Å²) < 4.78 is 0. The number of rotatable bonds is 1. The number of nitrogens with one attached hydrogen (secondary N) is 1. The number of hydrogen-bond donors (Lipinski definition) is 1. The second kappa shape index (κ2) is 3.11. The van der Waals surface area contributed by atoms with Gasteiger partial charge in [0.25, 0.3) is 0 Å². The number of likely N-dealkylation sites (tertiary alicyclic amines) is 1. The maximum atomic E-state index is 3.42. The fourth-order valence-electron chi connectivity index (χ4n) is 2.25. The van der Waals surface area contributed by atoms with Gasteiger partial charge in [0, 0.05) is 19.1 Å². The summed E-state index contributed by atoms with van der Waals surface area (Å²) in [4.78, 5) is 2.66. The molecule has 0 aliphatic carbocycles. The van der Waals surface area contributed by atoms with Gasteiger partial charge in [-0.1, -0.05) is 6.92 Å². The van der Waals surface area contributed by atoms with Crippen LogP contribution in [0.15, 0.2) is 0 Å². The molecule has 0 radical (unpaired) electrons. The number of nitrogens with zero attached hydrogens (tertiary/aromatic N) is 1. The van der Waals surface area contributed by atoms with E-state index in [0.29, 0.717) is 0 Å². The molecule has 2 unspecified atom stereocenters. The number of hydrogen-bond acceptors (Lipinski definition) is 2. The molecule has 0 aromatic carbocycles. The average molecular weight is 154 g/mol. The molecule has 2 aliphatic rings. The van der Waals surface area contributed by atoms with E-state index in [1.54, 1.807) is 0 Å². The van der Waals surface area contributed by atoms with Crippen LogP contribution in [-0.2, 0) is 0 Å². The Kier molecular flexibility index (Phi) is 2.14. The predicted octanol–water partition coefficient (Wildman–Crippen LogP) is 0.690. The summed E-state index contributed by atoms with van der Waals surface area (Å²) in [6.45, 7) is 7.50. The van der Waals surface area contributed by atoms with Gasteiger partial charge in [-0.25, -0.2) is 0 Å². The molecule has 0 aromatic rings. The van der Waals surface area contributed by atoms with E-state index in [2.05, 4.69) is 17.1 Å². The second-order valence-electron chi connectivity index (χ2n) is 4.04. The van der Waals surface area contributed by atoms with Crippen molar-refractivity contribution in [3.05, 3.63) is 0 Å². The van der Waals surface area contributed by atoms with Gasteiger partial charge in [0.15, 0.2) is 0 Å². The van der Waals surface area contributed by atoms with Crippen molar-refractivity contribution in [2.45, 2.75) is 25.8 Å². The van der Waals surface area contributed by atoms with Gasteiger partial charge in [-0.2, -0.15) is 0 Å². The molecule has 1 N–H and O–H groups in total. The molecular weight excluding hydrogens is 136 g/mol. The van der Waals surface area contributed by atoms with E-state index in [0.717, 1.165) is 12.0 Å². The molecule has 2 heterocycles. The van der Waals surface area contributed by atoms with Crippen molar-refractivity contribution in [3.63, 3.8) is 0 Å². The molecule has 0 saturated carbocycles. The van der Waals surface area contributed by atoms with Crippen molar-refractivity contribution in [2.24, 2.45) is 5.92 Å². The summed E-state index contributed by atoms with van der Waals surface area (Å²) in [6.07, 6.45) is 2.78. The molecule has 2 nitrogen and oxygen atoms in total. The zero-order valence-electron chi connectivity index (χ0n) is 7.34. The Hall–Kier alpha value is -0.0800. The van der Waals surface area contributed by atoms with E-state index >= 15 is 0 Å². The molecule has 2 heteroatoms.